The Morgan fingerprint density at radius 3 is 2.93 bits per heavy atom. The molecule has 2 rings (SSSR count). The van der Waals surface area contributed by atoms with Gasteiger partial charge >= 0.3 is 0 Å². The number of anilines is 1. The molecule has 8 nitrogen and oxygen atoms in total. The van der Waals surface area contributed by atoms with E-state index in [1.54, 1.807) is 0 Å². The van der Waals surface area contributed by atoms with E-state index in [2.05, 4.69) is 41.1 Å². The minimum absolute atomic E-state index is 0.484. The third-order valence-corrected chi connectivity index (χ3v) is 1.62. The van der Waals surface area contributed by atoms with Crippen LogP contribution in [0.5, 0.6) is 0 Å². The molecule has 0 bridgehead atoms. The fourth-order valence-corrected chi connectivity index (χ4v) is 1.02. The predicted octanol–water partition coefficient (Wildman–Crippen LogP) is -0.719. The van der Waals surface area contributed by atoms with Crippen molar-refractivity contribution in [2.24, 2.45) is 0 Å². The molecule has 3 N–H and O–H groups in total. The van der Waals surface area contributed by atoms with E-state index < -0.39 is 0 Å². The highest BCUT2D eigenvalue weighted by Gasteiger charge is 2.00. The molecule has 0 radical (unpaired) electrons. The molecule has 0 aliphatic heterocycles. The fourth-order valence-electron chi connectivity index (χ4n) is 1.02. The lowest BCUT2D eigenvalue weighted by molar-refractivity contribution is 0.881. The molecule has 0 spiro atoms. The van der Waals surface area contributed by atoms with E-state index >= 15 is 0 Å². The highest BCUT2D eigenvalue weighted by molar-refractivity contribution is 5.18. The topological polar surface area (TPSA) is 108 Å². The molecular formula is C6H10N8. The van der Waals surface area contributed by atoms with Crippen molar-refractivity contribution in [2.45, 2.75) is 13.3 Å². The van der Waals surface area contributed by atoms with Crippen LogP contribution < -0.4 is 5.32 Å². The molecule has 0 aliphatic carbocycles. The Balaban J connectivity index is 1.78. The van der Waals surface area contributed by atoms with Gasteiger partial charge in [-0.3, -0.25) is 5.10 Å². The quantitative estimate of drug-likeness (QED) is 0.592. The van der Waals surface area contributed by atoms with Gasteiger partial charge in [0.25, 0.3) is 5.95 Å². The van der Waals surface area contributed by atoms with E-state index in [9.17, 15) is 0 Å². The van der Waals surface area contributed by atoms with Crippen LogP contribution in [0, 0.1) is 6.92 Å². The first kappa shape index (κ1) is 8.60. The maximum atomic E-state index is 4.16. The number of nitrogens with one attached hydrogen (secondary N) is 3. The van der Waals surface area contributed by atoms with Crippen molar-refractivity contribution in [3.8, 4) is 0 Å². The van der Waals surface area contributed by atoms with Gasteiger partial charge in [-0.25, -0.2) is 4.98 Å². The Morgan fingerprint density at radius 2 is 2.29 bits per heavy atom. The number of hydrogen-bond donors (Lipinski definition) is 3. The maximum absolute atomic E-state index is 4.16. The van der Waals surface area contributed by atoms with Gasteiger partial charge in [0.05, 0.1) is 0 Å². The van der Waals surface area contributed by atoms with E-state index in [4.69, 9.17) is 0 Å². The molecule has 2 aromatic heterocycles. The van der Waals surface area contributed by atoms with Gasteiger partial charge in [-0.05, 0) is 12.1 Å². The number of hydrogen-bond acceptors (Lipinski definition) is 6. The van der Waals surface area contributed by atoms with Crippen LogP contribution in [-0.2, 0) is 6.42 Å². The first-order chi connectivity index (χ1) is 6.84. The zero-order chi connectivity index (χ0) is 9.80. The summed E-state index contributed by atoms with van der Waals surface area (Å²) >= 11 is 0. The van der Waals surface area contributed by atoms with Crippen LogP contribution in [0.3, 0.4) is 0 Å². The number of rotatable bonds is 4. The average Bonchev–Trinajstić information content (AvgIpc) is 2.77. The zero-order valence-corrected chi connectivity index (χ0v) is 7.65. The standard InChI is InChI=1S/C6H10N8/c1-4-8-5(10-9-4)2-3-7-6-11-13-14-12-6/h2-3H2,1H3,(H,8,9,10)(H2,7,11,12,13,14). The second-order valence-electron chi connectivity index (χ2n) is 2.75. The minimum Gasteiger partial charge on any atom is -0.351 e. The molecule has 14 heavy (non-hydrogen) atoms. The lowest BCUT2D eigenvalue weighted by Gasteiger charge is -1.96. The summed E-state index contributed by atoms with van der Waals surface area (Å²) in [6.07, 6.45) is 0.721. The molecule has 0 aliphatic rings. The molecule has 0 unspecified atom stereocenters. The van der Waals surface area contributed by atoms with Gasteiger partial charge in [0.2, 0.25) is 0 Å². The van der Waals surface area contributed by atoms with E-state index in [-0.39, 0.29) is 0 Å². The summed E-state index contributed by atoms with van der Waals surface area (Å²) in [5, 5.41) is 23.0. The van der Waals surface area contributed by atoms with Crippen LogP contribution >= 0.6 is 0 Å². The van der Waals surface area contributed by atoms with E-state index in [1.165, 1.54) is 0 Å². The third kappa shape index (κ3) is 2.03. The predicted molar refractivity (Wildman–Crippen MR) is 47.5 cm³/mol. The van der Waals surface area contributed by atoms with Gasteiger partial charge in [-0.1, -0.05) is 5.10 Å². The number of nitrogens with zero attached hydrogens (tertiary/aromatic N) is 5. The monoisotopic (exact) mass is 194 g/mol. The Kier molecular flexibility index (Phi) is 2.34. The maximum Gasteiger partial charge on any atom is 0.263 e. The molecule has 0 atom stereocenters. The van der Waals surface area contributed by atoms with Gasteiger partial charge in [0.15, 0.2) is 5.82 Å². The number of tetrazole rings is 1. The molecule has 0 aromatic carbocycles. The van der Waals surface area contributed by atoms with Crippen LogP contribution in [0.1, 0.15) is 11.6 Å². The Hall–Kier alpha value is -1.99. The first-order valence-electron chi connectivity index (χ1n) is 4.20. The SMILES string of the molecule is Cc1nc(CCNc2nn[nH]n2)n[nH]1. The largest absolute Gasteiger partial charge is 0.351 e. The molecule has 8 heteroatoms. The summed E-state index contributed by atoms with van der Waals surface area (Å²) in [5.41, 5.74) is 0. The minimum atomic E-state index is 0.484. The Labute approximate surface area is 79.5 Å². The average molecular weight is 194 g/mol. The fraction of sp³-hybridized carbons (Fsp3) is 0.500. The van der Waals surface area contributed by atoms with Crippen molar-refractivity contribution in [3.63, 3.8) is 0 Å². The van der Waals surface area contributed by atoms with Gasteiger partial charge in [0.1, 0.15) is 5.82 Å². The van der Waals surface area contributed by atoms with Crippen LogP contribution in [0.15, 0.2) is 0 Å². The molecule has 0 saturated heterocycles. The first-order valence-corrected chi connectivity index (χ1v) is 4.20. The van der Waals surface area contributed by atoms with Crippen molar-refractivity contribution < 1.29 is 0 Å². The van der Waals surface area contributed by atoms with Gasteiger partial charge in [0, 0.05) is 13.0 Å². The number of aromatic amines is 2. The third-order valence-electron chi connectivity index (χ3n) is 1.62. The van der Waals surface area contributed by atoms with Crippen LogP contribution in [0.25, 0.3) is 0 Å². The van der Waals surface area contributed by atoms with Crippen LogP contribution in [0.4, 0.5) is 5.95 Å². The summed E-state index contributed by atoms with van der Waals surface area (Å²) < 4.78 is 0. The molecule has 0 saturated carbocycles. The summed E-state index contributed by atoms with van der Waals surface area (Å²) in [4.78, 5) is 4.16. The molecule has 2 aromatic rings. The lowest BCUT2D eigenvalue weighted by atomic mass is 10.4. The van der Waals surface area contributed by atoms with Crippen LogP contribution in [0.2, 0.25) is 0 Å². The summed E-state index contributed by atoms with van der Waals surface area (Å²) in [7, 11) is 0. The van der Waals surface area contributed by atoms with Crippen molar-refractivity contribution in [2.75, 3.05) is 11.9 Å². The van der Waals surface area contributed by atoms with Crippen molar-refractivity contribution in [3.05, 3.63) is 11.6 Å². The Bertz CT molecular complexity index is 376. The highest BCUT2D eigenvalue weighted by Crippen LogP contribution is 1.94. The van der Waals surface area contributed by atoms with E-state index in [0.29, 0.717) is 12.5 Å². The second kappa shape index (κ2) is 3.81. The molecule has 74 valence electrons. The Morgan fingerprint density at radius 1 is 1.36 bits per heavy atom. The van der Waals surface area contributed by atoms with Gasteiger partial charge in [-0.15, -0.1) is 5.10 Å². The van der Waals surface area contributed by atoms with Crippen molar-refractivity contribution in [1.82, 2.24) is 35.8 Å². The van der Waals surface area contributed by atoms with Crippen molar-refractivity contribution >= 4 is 5.95 Å². The molecule has 2 heterocycles. The molecule has 0 fully saturated rings. The van der Waals surface area contributed by atoms with E-state index in [1.807, 2.05) is 6.92 Å². The lowest BCUT2D eigenvalue weighted by Crippen LogP contribution is -2.07. The van der Waals surface area contributed by atoms with Crippen LogP contribution in [-0.4, -0.2) is 42.4 Å². The highest BCUT2D eigenvalue weighted by atomic mass is 15.5. The summed E-state index contributed by atoms with van der Waals surface area (Å²) in [6.45, 7) is 2.54. The molecular weight excluding hydrogens is 184 g/mol. The smallest absolute Gasteiger partial charge is 0.263 e. The second-order valence-corrected chi connectivity index (χ2v) is 2.75. The van der Waals surface area contributed by atoms with Gasteiger partial charge < -0.3 is 5.32 Å². The summed E-state index contributed by atoms with van der Waals surface area (Å²) in [5.74, 6) is 2.08. The normalized spacial score (nSPS) is 10.4. The molecule has 0 amide bonds. The van der Waals surface area contributed by atoms with E-state index in [0.717, 1.165) is 18.1 Å². The number of aryl methyl sites for hydroxylation is 1. The number of aromatic nitrogens is 7. The van der Waals surface area contributed by atoms with Crippen molar-refractivity contribution in [1.29, 1.82) is 0 Å². The zero-order valence-electron chi connectivity index (χ0n) is 7.65. The summed E-state index contributed by atoms with van der Waals surface area (Å²) in [6, 6.07) is 0. The number of H-pyrrole nitrogens is 2. The van der Waals surface area contributed by atoms with Gasteiger partial charge in [-0.2, -0.15) is 10.3 Å².